The van der Waals surface area contributed by atoms with Gasteiger partial charge in [-0.3, -0.25) is 4.98 Å². The first-order valence-electron chi connectivity index (χ1n) is 11.6. The van der Waals surface area contributed by atoms with E-state index >= 15 is 0 Å². The number of hydrogen-bond donors (Lipinski definition) is 0. The van der Waals surface area contributed by atoms with Crippen molar-refractivity contribution in [3.05, 3.63) is 58.4 Å². The highest BCUT2D eigenvalue weighted by Gasteiger charge is 2.48. The highest BCUT2D eigenvalue weighted by Crippen LogP contribution is 2.45. The molecule has 0 saturated carbocycles. The Morgan fingerprint density at radius 3 is 2.36 bits per heavy atom. The van der Waals surface area contributed by atoms with Crippen LogP contribution in [0.3, 0.4) is 0 Å². The summed E-state index contributed by atoms with van der Waals surface area (Å²) in [6, 6.07) is 4.05. The zero-order chi connectivity index (χ0) is 24.4. The van der Waals surface area contributed by atoms with Gasteiger partial charge in [-0.1, -0.05) is 33.8 Å². The standard InChI is InChI=1S/C25H32F3NO3S/c1-5-17-16-29-23(21(7-3)20(17)6-2)22-15-24(8-4,12-13-32-22)33(30,31)19-11-9-10-18(14-19)25(26,27)28/h9-11,14,16,22H,5-8,12-13,15H2,1-4H3. The van der Waals surface area contributed by atoms with Gasteiger partial charge >= 0.3 is 6.18 Å². The molecule has 2 unspecified atom stereocenters. The smallest absolute Gasteiger partial charge is 0.372 e. The molecule has 0 spiro atoms. The average Bonchev–Trinajstić information content (AvgIpc) is 2.82. The van der Waals surface area contributed by atoms with Gasteiger partial charge in [0.1, 0.15) is 6.10 Å². The van der Waals surface area contributed by atoms with Crippen LogP contribution >= 0.6 is 0 Å². The number of benzene rings is 1. The number of hydrogen-bond acceptors (Lipinski definition) is 4. The van der Waals surface area contributed by atoms with Gasteiger partial charge < -0.3 is 4.74 Å². The van der Waals surface area contributed by atoms with Crippen LogP contribution in [0.5, 0.6) is 0 Å². The summed E-state index contributed by atoms with van der Waals surface area (Å²) >= 11 is 0. The minimum atomic E-state index is -4.61. The molecule has 182 valence electrons. The Bertz CT molecular complexity index is 1100. The van der Waals surface area contributed by atoms with Crippen LogP contribution in [0.1, 0.15) is 81.0 Å². The molecule has 3 rings (SSSR count). The van der Waals surface area contributed by atoms with Crippen molar-refractivity contribution in [1.29, 1.82) is 0 Å². The molecule has 1 aliphatic rings. The molecule has 0 bridgehead atoms. The number of nitrogens with zero attached hydrogens (tertiary/aromatic N) is 1. The van der Waals surface area contributed by atoms with Crippen LogP contribution in [0, 0.1) is 0 Å². The van der Waals surface area contributed by atoms with Crippen molar-refractivity contribution in [3.63, 3.8) is 0 Å². The maximum Gasteiger partial charge on any atom is 0.416 e. The van der Waals surface area contributed by atoms with E-state index in [1.807, 2.05) is 13.1 Å². The lowest BCUT2D eigenvalue weighted by atomic mass is 9.87. The lowest BCUT2D eigenvalue weighted by molar-refractivity contribution is -0.137. The number of pyridine rings is 1. The third-order valence-electron chi connectivity index (χ3n) is 6.93. The van der Waals surface area contributed by atoms with Gasteiger partial charge in [0.05, 0.1) is 20.9 Å². The van der Waals surface area contributed by atoms with E-state index in [0.29, 0.717) is 0 Å². The maximum absolute atomic E-state index is 13.7. The number of aryl methyl sites for hydroxylation is 1. The van der Waals surface area contributed by atoms with Gasteiger partial charge in [-0.05, 0) is 73.4 Å². The van der Waals surface area contributed by atoms with Crippen molar-refractivity contribution in [2.75, 3.05) is 6.61 Å². The molecule has 0 amide bonds. The fourth-order valence-electron chi connectivity index (χ4n) is 4.98. The van der Waals surface area contributed by atoms with Crippen LogP contribution in [0.25, 0.3) is 0 Å². The summed E-state index contributed by atoms with van der Waals surface area (Å²) in [5, 5.41) is 0. The van der Waals surface area contributed by atoms with E-state index in [9.17, 15) is 21.6 Å². The summed E-state index contributed by atoms with van der Waals surface area (Å²) in [5.41, 5.74) is 3.28. The zero-order valence-corrected chi connectivity index (χ0v) is 20.4. The molecule has 0 aliphatic carbocycles. The summed E-state index contributed by atoms with van der Waals surface area (Å²) in [6.07, 6.45) is -0.163. The second-order valence-electron chi connectivity index (χ2n) is 8.57. The largest absolute Gasteiger partial charge is 0.416 e. The van der Waals surface area contributed by atoms with Crippen LogP contribution in [0.4, 0.5) is 13.2 Å². The minimum absolute atomic E-state index is 0.163. The third kappa shape index (κ3) is 4.69. The first-order chi connectivity index (χ1) is 15.5. The zero-order valence-electron chi connectivity index (χ0n) is 19.6. The first-order valence-corrected chi connectivity index (χ1v) is 13.1. The van der Waals surface area contributed by atoms with Gasteiger partial charge in [-0.15, -0.1) is 0 Å². The maximum atomic E-state index is 13.7. The lowest BCUT2D eigenvalue weighted by Gasteiger charge is -2.40. The Balaban J connectivity index is 2.06. The highest BCUT2D eigenvalue weighted by molar-refractivity contribution is 7.92. The predicted octanol–water partition coefficient (Wildman–Crippen LogP) is 6.26. The molecule has 2 heterocycles. The molecule has 2 atom stereocenters. The van der Waals surface area contributed by atoms with Gasteiger partial charge in [-0.25, -0.2) is 8.42 Å². The van der Waals surface area contributed by atoms with Crippen LogP contribution in [0.15, 0.2) is 35.4 Å². The molecule has 2 aromatic rings. The summed E-state index contributed by atoms with van der Waals surface area (Å²) < 4.78 is 72.0. The van der Waals surface area contributed by atoms with Crippen LogP contribution in [-0.4, -0.2) is 24.8 Å². The third-order valence-corrected chi connectivity index (χ3v) is 9.61. The van der Waals surface area contributed by atoms with E-state index in [2.05, 4.69) is 18.8 Å². The van der Waals surface area contributed by atoms with Crippen molar-refractivity contribution in [3.8, 4) is 0 Å². The van der Waals surface area contributed by atoms with Crippen LogP contribution in [-0.2, 0) is 40.0 Å². The van der Waals surface area contributed by atoms with Gasteiger partial charge in [0.25, 0.3) is 0 Å². The topological polar surface area (TPSA) is 56.3 Å². The number of aromatic nitrogens is 1. The number of ether oxygens (including phenoxy) is 1. The van der Waals surface area contributed by atoms with E-state index < -0.39 is 32.4 Å². The molecule has 1 aromatic heterocycles. The molecule has 1 aliphatic heterocycles. The Morgan fingerprint density at radius 1 is 1.09 bits per heavy atom. The molecule has 8 heteroatoms. The molecular formula is C25H32F3NO3S. The second-order valence-corrected chi connectivity index (χ2v) is 10.9. The van der Waals surface area contributed by atoms with Crippen molar-refractivity contribution >= 4 is 9.84 Å². The summed E-state index contributed by atoms with van der Waals surface area (Å²) in [5.74, 6) is 0. The van der Waals surface area contributed by atoms with E-state index in [4.69, 9.17) is 4.74 Å². The Morgan fingerprint density at radius 2 is 1.79 bits per heavy atom. The van der Waals surface area contributed by atoms with E-state index in [1.54, 1.807) is 6.92 Å². The summed E-state index contributed by atoms with van der Waals surface area (Å²) in [6.45, 7) is 8.20. The van der Waals surface area contributed by atoms with Crippen molar-refractivity contribution in [2.45, 2.75) is 88.1 Å². The predicted molar refractivity (Wildman–Crippen MR) is 122 cm³/mol. The SMILES string of the molecule is CCc1cnc(C2CC(CC)(S(=O)(=O)c3cccc(C(F)(F)F)c3)CCO2)c(CC)c1CC. The molecule has 33 heavy (non-hydrogen) atoms. The minimum Gasteiger partial charge on any atom is -0.372 e. The van der Waals surface area contributed by atoms with Gasteiger partial charge in [0.15, 0.2) is 9.84 Å². The van der Waals surface area contributed by atoms with Crippen LogP contribution < -0.4 is 0 Å². The number of halogens is 3. The fraction of sp³-hybridized carbons (Fsp3) is 0.560. The molecule has 1 fully saturated rings. The number of sulfone groups is 1. The van der Waals surface area contributed by atoms with E-state index in [0.717, 1.165) is 48.7 Å². The van der Waals surface area contributed by atoms with Crippen molar-refractivity contribution < 1.29 is 26.3 Å². The molecule has 0 radical (unpaired) electrons. The molecule has 4 nitrogen and oxygen atoms in total. The molecule has 1 aromatic carbocycles. The monoisotopic (exact) mass is 483 g/mol. The summed E-state index contributed by atoms with van der Waals surface area (Å²) in [7, 11) is -4.05. The van der Waals surface area contributed by atoms with E-state index in [1.165, 1.54) is 17.2 Å². The number of alkyl halides is 3. The van der Waals surface area contributed by atoms with Crippen LogP contribution in [0.2, 0.25) is 0 Å². The molecule has 0 N–H and O–H groups in total. The first kappa shape index (κ1) is 25.7. The van der Waals surface area contributed by atoms with Crippen molar-refractivity contribution in [1.82, 2.24) is 4.98 Å². The normalized spacial score (nSPS) is 21.8. The fourth-order valence-corrected chi connectivity index (χ4v) is 7.12. The second kappa shape index (κ2) is 9.74. The van der Waals surface area contributed by atoms with E-state index in [-0.39, 0.29) is 30.8 Å². The Kier molecular flexibility index (Phi) is 7.58. The molecular weight excluding hydrogens is 451 g/mol. The number of rotatable bonds is 7. The lowest BCUT2D eigenvalue weighted by Crippen LogP contribution is -2.44. The van der Waals surface area contributed by atoms with Gasteiger partial charge in [-0.2, -0.15) is 13.2 Å². The Labute approximate surface area is 194 Å². The highest BCUT2D eigenvalue weighted by atomic mass is 32.2. The van der Waals surface area contributed by atoms with Crippen molar-refractivity contribution in [2.24, 2.45) is 0 Å². The average molecular weight is 484 g/mol. The summed E-state index contributed by atoms with van der Waals surface area (Å²) in [4.78, 5) is 4.39. The molecule has 1 saturated heterocycles. The van der Waals surface area contributed by atoms with Gasteiger partial charge in [0, 0.05) is 12.8 Å². The Hall–Kier alpha value is -1.93. The van der Waals surface area contributed by atoms with Gasteiger partial charge in [0.2, 0.25) is 0 Å². The quantitative estimate of drug-likeness (QED) is 0.466.